The Kier molecular flexibility index (Phi) is 2.73. The van der Waals surface area contributed by atoms with Crippen molar-refractivity contribution in [3.05, 3.63) is 34.1 Å². The molecule has 0 amide bonds. The van der Waals surface area contributed by atoms with E-state index in [0.717, 1.165) is 6.20 Å². The zero-order chi connectivity index (χ0) is 12.4. The minimum Gasteiger partial charge on any atom is -0.461 e. The normalized spacial score (nSPS) is 10.4. The standard InChI is InChI=1S/C10H9N3O4/c1-2-17-10(14)9-4-7-8(12-9)3-6(5-11-7)13(15)16/h3-5,12H,2H2,1H3. The summed E-state index contributed by atoms with van der Waals surface area (Å²) in [4.78, 5) is 28.0. The second kappa shape index (κ2) is 4.20. The van der Waals surface area contributed by atoms with Crippen LogP contribution in [0.5, 0.6) is 0 Å². The van der Waals surface area contributed by atoms with Crippen LogP contribution in [0, 0.1) is 10.1 Å². The number of nitro groups is 1. The van der Waals surface area contributed by atoms with Gasteiger partial charge in [0.15, 0.2) is 0 Å². The minimum atomic E-state index is -0.544. The molecule has 0 aromatic carbocycles. The number of esters is 1. The van der Waals surface area contributed by atoms with E-state index in [-0.39, 0.29) is 18.0 Å². The van der Waals surface area contributed by atoms with Crippen molar-refractivity contribution in [1.29, 1.82) is 0 Å². The van der Waals surface area contributed by atoms with Crippen LogP contribution in [0.3, 0.4) is 0 Å². The maximum Gasteiger partial charge on any atom is 0.354 e. The van der Waals surface area contributed by atoms with Crippen molar-refractivity contribution < 1.29 is 14.5 Å². The number of hydrogen-bond donors (Lipinski definition) is 1. The highest BCUT2D eigenvalue weighted by Crippen LogP contribution is 2.18. The molecule has 0 radical (unpaired) electrons. The van der Waals surface area contributed by atoms with E-state index in [1.165, 1.54) is 12.1 Å². The molecule has 0 aliphatic heterocycles. The van der Waals surface area contributed by atoms with Crippen LogP contribution in [0.4, 0.5) is 5.69 Å². The first-order valence-corrected chi connectivity index (χ1v) is 4.92. The average molecular weight is 235 g/mol. The summed E-state index contributed by atoms with van der Waals surface area (Å²) in [5.74, 6) is -0.506. The van der Waals surface area contributed by atoms with Gasteiger partial charge in [0.1, 0.15) is 11.9 Å². The highest BCUT2D eigenvalue weighted by molar-refractivity contribution is 5.93. The predicted octanol–water partition coefficient (Wildman–Crippen LogP) is 1.65. The van der Waals surface area contributed by atoms with E-state index in [1.807, 2.05) is 0 Å². The van der Waals surface area contributed by atoms with Crippen LogP contribution in [0.1, 0.15) is 17.4 Å². The molecule has 0 aliphatic carbocycles. The number of pyridine rings is 1. The van der Waals surface area contributed by atoms with Gasteiger partial charge in [-0.1, -0.05) is 0 Å². The highest BCUT2D eigenvalue weighted by Gasteiger charge is 2.13. The molecule has 7 nitrogen and oxygen atoms in total. The van der Waals surface area contributed by atoms with Crippen molar-refractivity contribution in [2.45, 2.75) is 6.92 Å². The summed E-state index contributed by atoms with van der Waals surface area (Å²) in [6, 6.07) is 2.82. The highest BCUT2D eigenvalue weighted by atomic mass is 16.6. The molecule has 0 fully saturated rings. The smallest absolute Gasteiger partial charge is 0.354 e. The maximum absolute atomic E-state index is 11.4. The topological polar surface area (TPSA) is 98.1 Å². The lowest BCUT2D eigenvalue weighted by molar-refractivity contribution is -0.385. The van der Waals surface area contributed by atoms with Gasteiger partial charge in [-0.25, -0.2) is 9.78 Å². The van der Waals surface area contributed by atoms with E-state index in [9.17, 15) is 14.9 Å². The molecule has 2 rings (SSSR count). The fourth-order valence-corrected chi connectivity index (χ4v) is 1.42. The summed E-state index contributed by atoms with van der Waals surface area (Å²) >= 11 is 0. The van der Waals surface area contributed by atoms with Crippen LogP contribution in [0.15, 0.2) is 18.3 Å². The number of hydrogen-bond acceptors (Lipinski definition) is 5. The van der Waals surface area contributed by atoms with E-state index in [2.05, 4.69) is 9.97 Å². The Morgan fingerprint density at radius 3 is 3.00 bits per heavy atom. The number of ether oxygens (including phenoxy) is 1. The number of nitrogens with one attached hydrogen (secondary N) is 1. The Balaban J connectivity index is 2.43. The first-order chi connectivity index (χ1) is 8.11. The van der Waals surface area contributed by atoms with Crippen LogP contribution in [-0.2, 0) is 4.74 Å². The average Bonchev–Trinajstić information content (AvgIpc) is 2.71. The van der Waals surface area contributed by atoms with Crippen LogP contribution < -0.4 is 0 Å². The second-order valence-corrected chi connectivity index (χ2v) is 3.29. The summed E-state index contributed by atoms with van der Waals surface area (Å²) in [5, 5.41) is 10.5. The number of rotatable bonds is 3. The van der Waals surface area contributed by atoms with Gasteiger partial charge in [0.2, 0.25) is 0 Å². The maximum atomic E-state index is 11.4. The molecule has 2 heterocycles. The van der Waals surface area contributed by atoms with Gasteiger partial charge >= 0.3 is 5.97 Å². The van der Waals surface area contributed by atoms with Crippen molar-refractivity contribution in [3.8, 4) is 0 Å². The van der Waals surface area contributed by atoms with Crippen molar-refractivity contribution >= 4 is 22.7 Å². The van der Waals surface area contributed by atoms with Gasteiger partial charge in [0.25, 0.3) is 5.69 Å². The summed E-state index contributed by atoms with van der Waals surface area (Å²) < 4.78 is 4.80. The molecule has 0 bridgehead atoms. The van der Waals surface area contributed by atoms with E-state index in [0.29, 0.717) is 11.0 Å². The summed E-state index contributed by atoms with van der Waals surface area (Å²) in [6.45, 7) is 1.96. The third-order valence-corrected chi connectivity index (χ3v) is 2.16. The first-order valence-electron chi connectivity index (χ1n) is 4.92. The minimum absolute atomic E-state index is 0.130. The summed E-state index contributed by atoms with van der Waals surface area (Å²) in [6.07, 6.45) is 1.14. The zero-order valence-electron chi connectivity index (χ0n) is 8.97. The SMILES string of the molecule is CCOC(=O)c1cc2ncc([N+](=O)[O-])cc2[nH]1. The molecule has 0 unspecified atom stereocenters. The quantitative estimate of drug-likeness (QED) is 0.495. The second-order valence-electron chi connectivity index (χ2n) is 3.29. The number of nitrogens with zero attached hydrogens (tertiary/aromatic N) is 2. The molecule has 0 atom stereocenters. The summed E-state index contributed by atoms with van der Waals surface area (Å²) in [7, 11) is 0. The molecular formula is C10H9N3O4. The van der Waals surface area contributed by atoms with Gasteiger partial charge < -0.3 is 9.72 Å². The van der Waals surface area contributed by atoms with E-state index < -0.39 is 10.9 Å². The van der Waals surface area contributed by atoms with Gasteiger partial charge in [-0.05, 0) is 13.0 Å². The lowest BCUT2D eigenvalue weighted by Gasteiger charge is -1.96. The van der Waals surface area contributed by atoms with Crippen molar-refractivity contribution in [2.75, 3.05) is 6.61 Å². The van der Waals surface area contributed by atoms with Crippen molar-refractivity contribution in [2.24, 2.45) is 0 Å². The van der Waals surface area contributed by atoms with Crippen LogP contribution >= 0.6 is 0 Å². The monoisotopic (exact) mass is 235 g/mol. The van der Waals surface area contributed by atoms with E-state index in [4.69, 9.17) is 4.74 Å². The van der Waals surface area contributed by atoms with Gasteiger partial charge in [-0.15, -0.1) is 0 Å². The molecule has 0 saturated carbocycles. The largest absolute Gasteiger partial charge is 0.461 e. The van der Waals surface area contributed by atoms with Gasteiger partial charge in [-0.3, -0.25) is 10.1 Å². The lowest BCUT2D eigenvalue weighted by atomic mass is 10.3. The molecule has 7 heteroatoms. The van der Waals surface area contributed by atoms with Gasteiger partial charge in [0, 0.05) is 6.07 Å². The third-order valence-electron chi connectivity index (χ3n) is 2.16. The molecule has 1 N–H and O–H groups in total. The van der Waals surface area contributed by atoms with Crippen LogP contribution in [-0.4, -0.2) is 27.5 Å². The number of H-pyrrole nitrogens is 1. The molecule has 2 aromatic heterocycles. The molecule has 88 valence electrons. The number of fused-ring (bicyclic) bond motifs is 1. The zero-order valence-corrected chi connectivity index (χ0v) is 8.97. The molecule has 0 aliphatic rings. The first kappa shape index (κ1) is 11.1. The Hall–Kier alpha value is -2.44. The van der Waals surface area contributed by atoms with Crippen molar-refractivity contribution in [3.63, 3.8) is 0 Å². The van der Waals surface area contributed by atoms with Gasteiger partial charge in [0.05, 0.1) is 22.6 Å². The molecule has 17 heavy (non-hydrogen) atoms. The Labute approximate surface area is 95.6 Å². The van der Waals surface area contributed by atoms with Gasteiger partial charge in [-0.2, -0.15) is 0 Å². The number of carbonyl (C=O) groups is 1. The Bertz CT molecular complexity index is 590. The Morgan fingerprint density at radius 2 is 2.35 bits per heavy atom. The molecule has 2 aromatic rings. The number of aromatic amines is 1. The van der Waals surface area contributed by atoms with Crippen LogP contribution in [0.2, 0.25) is 0 Å². The van der Waals surface area contributed by atoms with Crippen molar-refractivity contribution in [1.82, 2.24) is 9.97 Å². The fraction of sp³-hybridized carbons (Fsp3) is 0.200. The molecule has 0 saturated heterocycles. The lowest BCUT2D eigenvalue weighted by Crippen LogP contribution is -2.04. The number of aromatic nitrogens is 2. The predicted molar refractivity (Wildman–Crippen MR) is 58.7 cm³/mol. The number of carbonyl (C=O) groups excluding carboxylic acids is 1. The van der Waals surface area contributed by atoms with E-state index >= 15 is 0 Å². The fourth-order valence-electron chi connectivity index (χ4n) is 1.42. The van der Waals surface area contributed by atoms with Crippen LogP contribution in [0.25, 0.3) is 11.0 Å². The Morgan fingerprint density at radius 1 is 1.59 bits per heavy atom. The molecule has 0 spiro atoms. The molecular weight excluding hydrogens is 226 g/mol. The summed E-state index contributed by atoms with van der Waals surface area (Å²) in [5.41, 5.74) is 1.02. The third kappa shape index (κ3) is 2.07. The van der Waals surface area contributed by atoms with E-state index in [1.54, 1.807) is 6.92 Å².